The Morgan fingerprint density at radius 1 is 1.09 bits per heavy atom. The van der Waals surface area contributed by atoms with Crippen LogP contribution in [0.25, 0.3) is 22.4 Å². The molecule has 4 rings (SSSR count). The van der Waals surface area contributed by atoms with Crippen molar-refractivity contribution in [2.75, 3.05) is 13.7 Å². The fourth-order valence-electron chi connectivity index (χ4n) is 3.52. The summed E-state index contributed by atoms with van der Waals surface area (Å²) in [4.78, 5) is 17.9. The van der Waals surface area contributed by atoms with Crippen LogP contribution < -0.4 is 19.6 Å². The summed E-state index contributed by atoms with van der Waals surface area (Å²) in [6, 6.07) is 13.0. The Morgan fingerprint density at radius 3 is 2.67 bits per heavy atom. The summed E-state index contributed by atoms with van der Waals surface area (Å²) in [5, 5.41) is 4.91. The maximum Gasteiger partial charge on any atom is 0.291 e. The first-order valence-electron chi connectivity index (χ1n) is 11.1. The minimum atomic E-state index is -0.216. The number of aromatic nitrogens is 3. The molecule has 172 valence electrons. The van der Waals surface area contributed by atoms with Crippen LogP contribution in [-0.2, 0) is 0 Å². The van der Waals surface area contributed by atoms with Gasteiger partial charge in [0.05, 0.1) is 23.3 Å². The SMILES string of the molecule is CCCCCCCOc1ccc(/C=c2\sc3nc(-c4ccccc4Cl)nn3c2=O)cc1OC. The van der Waals surface area contributed by atoms with E-state index in [0.717, 1.165) is 12.0 Å². The van der Waals surface area contributed by atoms with Gasteiger partial charge >= 0.3 is 0 Å². The van der Waals surface area contributed by atoms with Crippen molar-refractivity contribution in [2.45, 2.75) is 39.0 Å². The number of thiazole rings is 1. The lowest BCUT2D eigenvalue weighted by atomic mass is 10.1. The Bertz CT molecular complexity index is 1350. The molecule has 0 unspecified atom stereocenters. The van der Waals surface area contributed by atoms with E-state index in [1.807, 2.05) is 42.5 Å². The fourth-order valence-corrected chi connectivity index (χ4v) is 4.65. The van der Waals surface area contributed by atoms with Crippen LogP contribution in [0.3, 0.4) is 0 Å². The smallest absolute Gasteiger partial charge is 0.291 e. The maximum atomic E-state index is 12.9. The van der Waals surface area contributed by atoms with Crippen LogP contribution in [0.5, 0.6) is 11.5 Å². The van der Waals surface area contributed by atoms with E-state index in [-0.39, 0.29) is 5.56 Å². The molecule has 8 heteroatoms. The van der Waals surface area contributed by atoms with Gasteiger partial charge in [0, 0.05) is 5.56 Å². The van der Waals surface area contributed by atoms with E-state index in [0.29, 0.717) is 44.0 Å². The zero-order valence-electron chi connectivity index (χ0n) is 18.7. The molecule has 0 N–H and O–H groups in total. The zero-order valence-corrected chi connectivity index (χ0v) is 20.3. The van der Waals surface area contributed by atoms with Crippen LogP contribution in [0, 0.1) is 0 Å². The molecule has 0 aliphatic rings. The number of hydrogen-bond acceptors (Lipinski definition) is 6. The highest BCUT2D eigenvalue weighted by atomic mass is 35.5. The van der Waals surface area contributed by atoms with Crippen molar-refractivity contribution in [3.8, 4) is 22.9 Å². The van der Waals surface area contributed by atoms with Crippen molar-refractivity contribution in [3.05, 3.63) is 67.9 Å². The van der Waals surface area contributed by atoms with Gasteiger partial charge in [0.15, 0.2) is 17.3 Å². The van der Waals surface area contributed by atoms with E-state index < -0.39 is 0 Å². The van der Waals surface area contributed by atoms with Gasteiger partial charge in [-0.05, 0) is 42.3 Å². The standard InChI is InChI=1S/C25H26ClN3O3S/c1-3-4-5-6-9-14-32-20-13-12-17(15-21(20)31-2)16-22-24(30)29-25(33-22)27-23(28-29)18-10-7-8-11-19(18)26/h7-8,10-13,15-16H,3-6,9,14H2,1-2H3/b22-16-. The average Bonchev–Trinajstić information content (AvgIpc) is 3.36. The second-order valence-electron chi connectivity index (χ2n) is 7.70. The van der Waals surface area contributed by atoms with E-state index >= 15 is 0 Å². The lowest BCUT2D eigenvalue weighted by molar-refractivity contribution is 0.285. The van der Waals surface area contributed by atoms with Gasteiger partial charge in [-0.3, -0.25) is 4.79 Å². The zero-order chi connectivity index (χ0) is 23.2. The Balaban J connectivity index is 1.54. The molecule has 0 spiro atoms. The highest BCUT2D eigenvalue weighted by Gasteiger charge is 2.14. The number of rotatable bonds is 10. The number of fused-ring (bicyclic) bond motifs is 1. The number of benzene rings is 2. The second-order valence-corrected chi connectivity index (χ2v) is 9.11. The van der Waals surface area contributed by atoms with Gasteiger partial charge in [-0.1, -0.05) is 73.7 Å². The van der Waals surface area contributed by atoms with Crippen molar-refractivity contribution in [3.63, 3.8) is 0 Å². The topological polar surface area (TPSA) is 65.7 Å². The maximum absolute atomic E-state index is 12.9. The molecule has 0 saturated heterocycles. The third-order valence-corrected chi connectivity index (χ3v) is 6.58. The molecular weight excluding hydrogens is 458 g/mol. The van der Waals surface area contributed by atoms with Gasteiger partial charge in [-0.2, -0.15) is 9.50 Å². The van der Waals surface area contributed by atoms with Gasteiger partial charge in [0.1, 0.15) is 0 Å². The van der Waals surface area contributed by atoms with Crippen LogP contribution >= 0.6 is 22.9 Å². The summed E-state index contributed by atoms with van der Waals surface area (Å²) in [5.41, 5.74) is 1.33. The molecular formula is C25H26ClN3O3S. The monoisotopic (exact) mass is 483 g/mol. The predicted octanol–water partition coefficient (Wildman–Crippen LogP) is 5.38. The first-order valence-corrected chi connectivity index (χ1v) is 12.3. The summed E-state index contributed by atoms with van der Waals surface area (Å²) in [6.45, 7) is 2.87. The van der Waals surface area contributed by atoms with E-state index in [9.17, 15) is 4.79 Å². The number of halogens is 1. The summed E-state index contributed by atoms with van der Waals surface area (Å²) < 4.78 is 13.3. The fraction of sp³-hybridized carbons (Fsp3) is 0.320. The minimum Gasteiger partial charge on any atom is -0.493 e. The van der Waals surface area contributed by atoms with E-state index in [4.69, 9.17) is 21.1 Å². The second kappa shape index (κ2) is 10.8. The molecule has 2 aromatic heterocycles. The Hall–Kier alpha value is -2.90. The van der Waals surface area contributed by atoms with Crippen molar-refractivity contribution in [2.24, 2.45) is 0 Å². The van der Waals surface area contributed by atoms with E-state index in [1.54, 1.807) is 13.2 Å². The first kappa shape index (κ1) is 23.3. The molecule has 0 aliphatic carbocycles. The van der Waals surface area contributed by atoms with Crippen LogP contribution in [0.15, 0.2) is 47.3 Å². The lowest BCUT2D eigenvalue weighted by Gasteiger charge is -2.11. The third kappa shape index (κ3) is 5.37. The molecule has 0 aliphatic heterocycles. The van der Waals surface area contributed by atoms with Crippen molar-refractivity contribution in [1.29, 1.82) is 0 Å². The molecule has 0 amide bonds. The Labute approximate surface area is 201 Å². The van der Waals surface area contributed by atoms with Crippen molar-refractivity contribution >= 4 is 34.0 Å². The molecule has 2 heterocycles. The summed E-state index contributed by atoms with van der Waals surface area (Å²) in [6.07, 6.45) is 7.73. The summed E-state index contributed by atoms with van der Waals surface area (Å²) >= 11 is 7.53. The molecule has 2 aromatic carbocycles. The molecule has 0 saturated carbocycles. The highest BCUT2D eigenvalue weighted by Crippen LogP contribution is 2.29. The highest BCUT2D eigenvalue weighted by molar-refractivity contribution is 7.15. The number of hydrogen-bond donors (Lipinski definition) is 0. The third-order valence-electron chi connectivity index (χ3n) is 5.29. The van der Waals surface area contributed by atoms with Gasteiger partial charge in [-0.15, -0.1) is 5.10 Å². The predicted molar refractivity (Wildman–Crippen MR) is 134 cm³/mol. The first-order chi connectivity index (χ1) is 16.1. The van der Waals surface area contributed by atoms with Crippen LogP contribution in [0.1, 0.15) is 44.6 Å². The molecule has 4 aromatic rings. The Morgan fingerprint density at radius 2 is 1.91 bits per heavy atom. The van der Waals surface area contributed by atoms with E-state index in [1.165, 1.54) is 41.5 Å². The number of nitrogens with zero attached hydrogens (tertiary/aromatic N) is 3. The lowest BCUT2D eigenvalue weighted by Crippen LogP contribution is -2.23. The van der Waals surface area contributed by atoms with Gasteiger partial charge in [-0.25, -0.2) is 0 Å². The van der Waals surface area contributed by atoms with Crippen molar-refractivity contribution < 1.29 is 9.47 Å². The van der Waals surface area contributed by atoms with Gasteiger partial charge in [0.25, 0.3) is 5.56 Å². The molecule has 0 radical (unpaired) electrons. The average molecular weight is 484 g/mol. The van der Waals surface area contributed by atoms with Crippen LogP contribution in [0.4, 0.5) is 0 Å². The van der Waals surface area contributed by atoms with Crippen LogP contribution in [-0.4, -0.2) is 28.3 Å². The molecule has 6 nitrogen and oxygen atoms in total. The normalized spacial score (nSPS) is 11.9. The van der Waals surface area contributed by atoms with Crippen molar-refractivity contribution in [1.82, 2.24) is 14.6 Å². The Kier molecular flexibility index (Phi) is 7.62. The molecule has 0 bridgehead atoms. The minimum absolute atomic E-state index is 0.216. The molecule has 0 fully saturated rings. The molecule has 0 atom stereocenters. The number of methoxy groups -OCH3 is 1. The van der Waals surface area contributed by atoms with Gasteiger partial charge < -0.3 is 9.47 Å². The van der Waals surface area contributed by atoms with Crippen LogP contribution in [0.2, 0.25) is 5.02 Å². The summed E-state index contributed by atoms with van der Waals surface area (Å²) in [5.74, 6) is 1.79. The van der Waals surface area contributed by atoms with E-state index in [2.05, 4.69) is 17.0 Å². The summed E-state index contributed by atoms with van der Waals surface area (Å²) in [7, 11) is 1.62. The number of ether oxygens (including phenoxy) is 2. The van der Waals surface area contributed by atoms with Gasteiger partial charge in [0.2, 0.25) is 4.96 Å². The molecule has 33 heavy (non-hydrogen) atoms. The quantitative estimate of drug-likeness (QED) is 0.283. The number of unbranched alkanes of at least 4 members (excludes halogenated alkanes) is 4. The largest absolute Gasteiger partial charge is 0.493 e.